The van der Waals surface area contributed by atoms with Crippen LogP contribution in [0.5, 0.6) is 0 Å². The van der Waals surface area contributed by atoms with Gasteiger partial charge in [0.05, 0.1) is 6.04 Å². The first-order chi connectivity index (χ1) is 9.62. The lowest BCUT2D eigenvalue weighted by Crippen LogP contribution is -2.43. The Balaban J connectivity index is 1.70. The lowest BCUT2D eigenvalue weighted by atomic mass is 9.84. The first-order valence-electron chi connectivity index (χ1n) is 7.09. The molecule has 1 unspecified atom stereocenters. The molecule has 3 rings (SSSR count). The summed E-state index contributed by atoms with van der Waals surface area (Å²) in [4.78, 5) is 0. The number of benzene rings is 1. The lowest BCUT2D eigenvalue weighted by Gasteiger charge is -2.41. The third-order valence-corrected chi connectivity index (χ3v) is 6.26. The summed E-state index contributed by atoms with van der Waals surface area (Å²) in [7, 11) is 0. The van der Waals surface area contributed by atoms with Gasteiger partial charge in [-0.2, -0.15) is 11.8 Å². The van der Waals surface area contributed by atoms with E-state index in [0.717, 1.165) is 27.7 Å². The van der Waals surface area contributed by atoms with Gasteiger partial charge in [-0.15, -0.1) is 0 Å². The SMILES string of the molecule is CSC1(CNC(C)c2cc3cc(Br)ccc3o2)CCC1. The maximum Gasteiger partial charge on any atom is 0.134 e. The van der Waals surface area contributed by atoms with Crippen molar-refractivity contribution in [3.8, 4) is 0 Å². The van der Waals surface area contributed by atoms with Crippen molar-refractivity contribution in [3.05, 3.63) is 34.5 Å². The molecule has 108 valence electrons. The summed E-state index contributed by atoms with van der Waals surface area (Å²) < 4.78 is 7.50. The first kappa shape index (κ1) is 14.5. The number of halogens is 1. The Bertz CT molecular complexity index is 600. The Kier molecular flexibility index (Phi) is 4.16. The fourth-order valence-electron chi connectivity index (χ4n) is 2.71. The van der Waals surface area contributed by atoms with Gasteiger partial charge >= 0.3 is 0 Å². The summed E-state index contributed by atoms with van der Waals surface area (Å²) >= 11 is 5.51. The Hall–Kier alpha value is -0.450. The highest BCUT2D eigenvalue weighted by Gasteiger charge is 2.36. The molecule has 20 heavy (non-hydrogen) atoms. The van der Waals surface area contributed by atoms with Crippen molar-refractivity contribution >= 4 is 38.7 Å². The molecule has 0 amide bonds. The molecule has 1 heterocycles. The lowest BCUT2D eigenvalue weighted by molar-refractivity contribution is 0.325. The van der Waals surface area contributed by atoms with Crippen molar-refractivity contribution in [2.45, 2.75) is 37.0 Å². The van der Waals surface area contributed by atoms with Crippen LogP contribution in [-0.4, -0.2) is 17.5 Å². The fourth-order valence-corrected chi connectivity index (χ4v) is 4.02. The molecule has 1 atom stereocenters. The van der Waals surface area contributed by atoms with Gasteiger partial charge in [0.1, 0.15) is 11.3 Å². The van der Waals surface area contributed by atoms with Crippen LogP contribution in [0.2, 0.25) is 0 Å². The molecule has 1 fully saturated rings. The Labute approximate surface area is 132 Å². The highest BCUT2D eigenvalue weighted by Crippen LogP contribution is 2.42. The van der Waals surface area contributed by atoms with Crippen LogP contribution in [0, 0.1) is 0 Å². The van der Waals surface area contributed by atoms with Gasteiger partial charge in [0.25, 0.3) is 0 Å². The summed E-state index contributed by atoms with van der Waals surface area (Å²) in [6, 6.07) is 8.54. The number of hydrogen-bond donors (Lipinski definition) is 1. The van der Waals surface area contributed by atoms with Crippen molar-refractivity contribution in [1.29, 1.82) is 0 Å². The minimum atomic E-state index is 0.255. The molecule has 0 bridgehead atoms. The number of furan rings is 1. The molecule has 4 heteroatoms. The average Bonchev–Trinajstić information content (AvgIpc) is 2.80. The van der Waals surface area contributed by atoms with Crippen LogP contribution in [0.15, 0.2) is 33.2 Å². The van der Waals surface area contributed by atoms with Gasteiger partial charge < -0.3 is 9.73 Å². The third kappa shape index (κ3) is 2.78. The summed E-state index contributed by atoms with van der Waals surface area (Å²) in [5.41, 5.74) is 0.958. The maximum atomic E-state index is 5.95. The molecule has 1 saturated carbocycles. The van der Waals surface area contributed by atoms with Crippen LogP contribution in [-0.2, 0) is 0 Å². The molecule has 1 aromatic carbocycles. The Morgan fingerprint density at radius 1 is 1.40 bits per heavy atom. The highest BCUT2D eigenvalue weighted by atomic mass is 79.9. The highest BCUT2D eigenvalue weighted by molar-refractivity contribution is 9.10. The van der Waals surface area contributed by atoms with Crippen LogP contribution >= 0.6 is 27.7 Å². The topological polar surface area (TPSA) is 25.2 Å². The summed E-state index contributed by atoms with van der Waals surface area (Å²) in [5, 5.41) is 4.80. The second kappa shape index (κ2) is 5.74. The summed E-state index contributed by atoms with van der Waals surface area (Å²) in [6.45, 7) is 3.25. The number of fused-ring (bicyclic) bond motifs is 1. The largest absolute Gasteiger partial charge is 0.459 e. The zero-order chi connectivity index (χ0) is 14.2. The molecule has 1 aliphatic rings. The van der Waals surface area contributed by atoms with Gasteiger partial charge in [-0.05, 0) is 50.3 Å². The number of thioether (sulfide) groups is 1. The average molecular weight is 354 g/mol. The van der Waals surface area contributed by atoms with Gasteiger partial charge in [-0.3, -0.25) is 0 Å². The zero-order valence-electron chi connectivity index (χ0n) is 11.9. The van der Waals surface area contributed by atoms with E-state index in [-0.39, 0.29) is 6.04 Å². The monoisotopic (exact) mass is 353 g/mol. The maximum absolute atomic E-state index is 5.95. The van der Waals surface area contributed by atoms with Crippen molar-refractivity contribution in [2.75, 3.05) is 12.8 Å². The first-order valence-corrected chi connectivity index (χ1v) is 9.11. The van der Waals surface area contributed by atoms with Crippen LogP contribution in [0.4, 0.5) is 0 Å². The van der Waals surface area contributed by atoms with E-state index in [0.29, 0.717) is 4.75 Å². The molecule has 0 spiro atoms. The van der Waals surface area contributed by atoms with E-state index >= 15 is 0 Å². The van der Waals surface area contributed by atoms with E-state index in [1.165, 1.54) is 19.3 Å². The Morgan fingerprint density at radius 3 is 2.85 bits per heavy atom. The van der Waals surface area contributed by atoms with E-state index in [2.05, 4.69) is 46.6 Å². The van der Waals surface area contributed by atoms with Crippen LogP contribution < -0.4 is 5.32 Å². The minimum absolute atomic E-state index is 0.255. The Morgan fingerprint density at radius 2 is 2.20 bits per heavy atom. The standard InChI is InChI=1S/C16H20BrNOS/c1-11(18-10-16(20-2)6-3-7-16)15-9-12-8-13(17)4-5-14(12)19-15/h4-5,8-9,11,18H,3,6-7,10H2,1-2H3. The van der Waals surface area contributed by atoms with Gasteiger partial charge in [0.2, 0.25) is 0 Å². The fraction of sp³-hybridized carbons (Fsp3) is 0.500. The predicted octanol–water partition coefficient (Wildman–Crippen LogP) is 5.13. The van der Waals surface area contributed by atoms with Crippen molar-refractivity contribution in [1.82, 2.24) is 5.32 Å². The van der Waals surface area contributed by atoms with Gasteiger partial charge in [0, 0.05) is 21.2 Å². The molecule has 2 aromatic rings. The molecular weight excluding hydrogens is 334 g/mol. The smallest absolute Gasteiger partial charge is 0.134 e. The predicted molar refractivity (Wildman–Crippen MR) is 90.4 cm³/mol. The normalized spacial score (nSPS) is 18.9. The van der Waals surface area contributed by atoms with E-state index in [4.69, 9.17) is 4.42 Å². The van der Waals surface area contributed by atoms with E-state index < -0.39 is 0 Å². The molecule has 2 nitrogen and oxygen atoms in total. The molecule has 0 aliphatic heterocycles. The number of hydrogen-bond acceptors (Lipinski definition) is 3. The van der Waals surface area contributed by atoms with Crippen molar-refractivity contribution in [2.24, 2.45) is 0 Å². The number of rotatable bonds is 5. The molecule has 1 aromatic heterocycles. The second-order valence-electron chi connectivity index (χ2n) is 5.67. The zero-order valence-corrected chi connectivity index (χ0v) is 14.3. The van der Waals surface area contributed by atoms with E-state index in [9.17, 15) is 0 Å². The third-order valence-electron chi connectivity index (χ3n) is 4.35. The quantitative estimate of drug-likeness (QED) is 0.806. The molecule has 0 saturated heterocycles. The van der Waals surface area contributed by atoms with Crippen LogP contribution in [0.1, 0.15) is 38.0 Å². The molecule has 0 radical (unpaired) electrons. The van der Waals surface area contributed by atoms with Gasteiger partial charge in [-0.1, -0.05) is 22.4 Å². The van der Waals surface area contributed by atoms with E-state index in [1.54, 1.807) is 0 Å². The number of nitrogens with one attached hydrogen (secondary N) is 1. The second-order valence-corrected chi connectivity index (χ2v) is 7.86. The van der Waals surface area contributed by atoms with Crippen LogP contribution in [0.3, 0.4) is 0 Å². The summed E-state index contributed by atoms with van der Waals surface area (Å²) in [5.74, 6) is 1.02. The molecule has 1 N–H and O–H groups in total. The van der Waals surface area contributed by atoms with Gasteiger partial charge in [0.15, 0.2) is 0 Å². The minimum Gasteiger partial charge on any atom is -0.459 e. The molecule has 1 aliphatic carbocycles. The summed E-state index contributed by atoms with van der Waals surface area (Å²) in [6.07, 6.45) is 6.27. The van der Waals surface area contributed by atoms with Crippen LogP contribution in [0.25, 0.3) is 11.0 Å². The van der Waals surface area contributed by atoms with Crippen molar-refractivity contribution in [3.63, 3.8) is 0 Å². The molecular formula is C16H20BrNOS. The van der Waals surface area contributed by atoms with Crippen molar-refractivity contribution < 1.29 is 4.42 Å². The van der Waals surface area contributed by atoms with Gasteiger partial charge in [-0.25, -0.2) is 0 Å². The van der Waals surface area contributed by atoms with E-state index in [1.807, 2.05) is 23.9 Å².